The lowest BCUT2D eigenvalue weighted by Gasteiger charge is -2.30. The number of nitrogens with one attached hydrogen (secondary N) is 1. The monoisotopic (exact) mass is 380 g/mol. The van der Waals surface area contributed by atoms with Gasteiger partial charge in [-0.25, -0.2) is 15.0 Å². The van der Waals surface area contributed by atoms with Gasteiger partial charge in [0.25, 0.3) is 0 Å². The van der Waals surface area contributed by atoms with Gasteiger partial charge in [-0.2, -0.15) is 4.98 Å². The lowest BCUT2D eigenvalue weighted by Crippen LogP contribution is -2.40. The molecule has 2 aromatic rings. The maximum Gasteiger partial charge on any atom is 0.228 e. The van der Waals surface area contributed by atoms with E-state index in [1.54, 1.807) is 12.4 Å². The molecular weight excluding hydrogens is 356 g/mol. The highest BCUT2D eigenvalue weighted by Gasteiger charge is 2.41. The van der Waals surface area contributed by atoms with Gasteiger partial charge in [-0.1, -0.05) is 0 Å². The maximum absolute atomic E-state index is 5.78. The number of morpholine rings is 1. The summed E-state index contributed by atoms with van der Waals surface area (Å²) in [6.07, 6.45) is 6.09. The lowest BCUT2D eigenvalue weighted by atomic mass is 10.0. The van der Waals surface area contributed by atoms with Crippen LogP contribution in [0.2, 0.25) is 0 Å². The molecule has 3 N–H and O–H groups in total. The molecule has 4 aliphatic rings. The molecule has 9 heteroatoms. The molecule has 28 heavy (non-hydrogen) atoms. The molecular formula is C19H24N8O. The molecule has 0 aromatic carbocycles. The van der Waals surface area contributed by atoms with Crippen LogP contribution < -0.4 is 20.9 Å². The van der Waals surface area contributed by atoms with Crippen molar-refractivity contribution in [2.24, 2.45) is 5.92 Å². The van der Waals surface area contributed by atoms with Crippen LogP contribution in [-0.4, -0.2) is 70.9 Å². The fraction of sp³-hybridized carbons (Fsp3) is 0.579. The first-order valence-corrected chi connectivity index (χ1v) is 10.1. The van der Waals surface area contributed by atoms with E-state index in [4.69, 9.17) is 20.4 Å². The second-order valence-corrected chi connectivity index (χ2v) is 8.30. The first-order valence-electron chi connectivity index (χ1n) is 10.1. The van der Waals surface area contributed by atoms with Gasteiger partial charge in [0.05, 0.1) is 24.4 Å². The topological polar surface area (TPSA) is 105 Å². The Balaban J connectivity index is 1.42. The van der Waals surface area contributed by atoms with Gasteiger partial charge in [0.15, 0.2) is 0 Å². The molecule has 4 bridgehead atoms. The van der Waals surface area contributed by atoms with Crippen LogP contribution in [0.4, 0.5) is 17.7 Å². The highest BCUT2D eigenvalue weighted by Crippen LogP contribution is 2.36. The zero-order valence-corrected chi connectivity index (χ0v) is 15.7. The Morgan fingerprint density at radius 3 is 2.68 bits per heavy atom. The molecule has 0 aliphatic carbocycles. The molecule has 6 heterocycles. The van der Waals surface area contributed by atoms with E-state index in [-0.39, 0.29) is 5.95 Å². The number of nitrogen functional groups attached to an aromatic ring is 1. The minimum Gasteiger partial charge on any atom is -0.374 e. The SMILES string of the molecule is Nc1ncc(-c2cc(N3C[C@@H]4C[C@H]3CO4)nc(N3C[C@H]4CNC[C@@H]3C4)n2)cn1. The molecule has 2 aromatic heterocycles. The molecule has 0 amide bonds. The Labute approximate surface area is 163 Å². The first-order chi connectivity index (χ1) is 13.7. The van der Waals surface area contributed by atoms with E-state index < -0.39 is 0 Å². The third kappa shape index (κ3) is 2.68. The standard InChI is InChI=1S/C19H24N8O/c20-18-22-5-12(6-23-18)16-3-17(26-9-15-2-14(26)10-28-15)25-19(24-16)27-8-11-1-13(27)7-21-4-11/h3,5-6,11,13-15,21H,1-2,4,7-10H2,(H2,20,22,23)/t11-,13+,14+,15+/m1/s1. The van der Waals surface area contributed by atoms with Gasteiger partial charge >= 0.3 is 0 Å². The van der Waals surface area contributed by atoms with Crippen molar-refractivity contribution in [3.63, 3.8) is 0 Å². The summed E-state index contributed by atoms with van der Waals surface area (Å²) >= 11 is 0. The maximum atomic E-state index is 5.78. The van der Waals surface area contributed by atoms with Crippen molar-refractivity contribution in [1.82, 2.24) is 25.3 Å². The van der Waals surface area contributed by atoms with Crippen molar-refractivity contribution >= 4 is 17.7 Å². The van der Waals surface area contributed by atoms with Crippen LogP contribution in [0.1, 0.15) is 12.8 Å². The number of hydrogen-bond acceptors (Lipinski definition) is 9. The van der Waals surface area contributed by atoms with Gasteiger partial charge < -0.3 is 25.6 Å². The largest absolute Gasteiger partial charge is 0.374 e. The van der Waals surface area contributed by atoms with E-state index in [0.717, 1.165) is 62.2 Å². The van der Waals surface area contributed by atoms with Gasteiger partial charge in [-0.15, -0.1) is 0 Å². The molecule has 146 valence electrons. The quantitative estimate of drug-likeness (QED) is 0.777. The summed E-state index contributed by atoms with van der Waals surface area (Å²) < 4.78 is 5.78. The predicted octanol–water partition coefficient (Wildman–Crippen LogP) is 0.291. The molecule has 0 radical (unpaired) electrons. The molecule has 0 spiro atoms. The minimum atomic E-state index is 0.270. The van der Waals surface area contributed by atoms with Crippen LogP contribution in [0, 0.1) is 5.92 Å². The summed E-state index contributed by atoms with van der Waals surface area (Å²) in [4.78, 5) is 23.0. The van der Waals surface area contributed by atoms with Gasteiger partial charge in [0.2, 0.25) is 11.9 Å². The third-order valence-electron chi connectivity index (χ3n) is 6.43. The second kappa shape index (κ2) is 6.25. The average molecular weight is 380 g/mol. The predicted molar refractivity (Wildman–Crippen MR) is 105 cm³/mol. The Morgan fingerprint density at radius 1 is 1.04 bits per heavy atom. The molecule has 9 nitrogen and oxygen atoms in total. The molecule has 4 aliphatic heterocycles. The van der Waals surface area contributed by atoms with Gasteiger partial charge in [-0.3, -0.25) is 0 Å². The average Bonchev–Trinajstić information content (AvgIpc) is 3.43. The Hall–Kier alpha value is -2.52. The third-order valence-corrected chi connectivity index (χ3v) is 6.43. The zero-order valence-electron chi connectivity index (χ0n) is 15.7. The number of nitrogens with zero attached hydrogens (tertiary/aromatic N) is 6. The summed E-state index contributed by atoms with van der Waals surface area (Å²) in [5, 5.41) is 3.53. The summed E-state index contributed by atoms with van der Waals surface area (Å²) in [5.74, 6) is 2.73. The Morgan fingerprint density at radius 2 is 1.93 bits per heavy atom. The van der Waals surface area contributed by atoms with Gasteiger partial charge in [0.1, 0.15) is 5.82 Å². The number of rotatable bonds is 3. The molecule has 6 rings (SSSR count). The van der Waals surface area contributed by atoms with E-state index in [1.165, 1.54) is 6.42 Å². The first kappa shape index (κ1) is 16.4. The summed E-state index contributed by atoms with van der Waals surface area (Å²) in [7, 11) is 0. The normalized spacial score (nSPS) is 31.0. The van der Waals surface area contributed by atoms with E-state index in [2.05, 4.69) is 31.2 Å². The van der Waals surface area contributed by atoms with Crippen LogP contribution >= 0.6 is 0 Å². The molecule has 4 fully saturated rings. The Bertz CT molecular complexity index is 890. The second-order valence-electron chi connectivity index (χ2n) is 8.30. The fourth-order valence-electron chi connectivity index (χ4n) is 5.05. The lowest BCUT2D eigenvalue weighted by molar-refractivity contribution is 0.0989. The summed E-state index contributed by atoms with van der Waals surface area (Å²) in [5.41, 5.74) is 7.38. The van der Waals surface area contributed by atoms with Crippen molar-refractivity contribution in [2.75, 3.05) is 48.3 Å². The zero-order chi connectivity index (χ0) is 18.7. The highest BCUT2D eigenvalue weighted by atomic mass is 16.5. The van der Waals surface area contributed by atoms with Crippen LogP contribution in [0.15, 0.2) is 18.5 Å². The van der Waals surface area contributed by atoms with E-state index in [1.807, 2.05) is 0 Å². The molecule has 4 saturated heterocycles. The molecule has 4 atom stereocenters. The smallest absolute Gasteiger partial charge is 0.228 e. The van der Waals surface area contributed by atoms with Gasteiger partial charge in [-0.05, 0) is 25.3 Å². The fourth-order valence-corrected chi connectivity index (χ4v) is 5.05. The number of nitrogens with two attached hydrogens (primary N) is 1. The summed E-state index contributed by atoms with van der Waals surface area (Å²) in [6, 6.07) is 2.92. The highest BCUT2D eigenvalue weighted by molar-refractivity contribution is 5.65. The number of ether oxygens (including phenoxy) is 1. The van der Waals surface area contributed by atoms with Crippen molar-refractivity contribution in [2.45, 2.75) is 31.0 Å². The van der Waals surface area contributed by atoms with Gasteiger partial charge in [0, 0.05) is 49.7 Å². The number of aromatic nitrogens is 4. The van der Waals surface area contributed by atoms with Crippen molar-refractivity contribution in [3.8, 4) is 11.3 Å². The van der Waals surface area contributed by atoms with Crippen LogP contribution in [0.25, 0.3) is 11.3 Å². The number of hydrogen-bond donors (Lipinski definition) is 2. The van der Waals surface area contributed by atoms with Crippen LogP contribution in [0.5, 0.6) is 0 Å². The van der Waals surface area contributed by atoms with E-state index in [0.29, 0.717) is 24.1 Å². The molecule has 0 unspecified atom stereocenters. The number of anilines is 3. The van der Waals surface area contributed by atoms with Crippen LogP contribution in [-0.2, 0) is 4.74 Å². The van der Waals surface area contributed by atoms with E-state index >= 15 is 0 Å². The van der Waals surface area contributed by atoms with Crippen molar-refractivity contribution in [3.05, 3.63) is 18.5 Å². The summed E-state index contributed by atoms with van der Waals surface area (Å²) in [6.45, 7) is 4.76. The number of fused-ring (bicyclic) bond motifs is 4. The Kier molecular flexibility index (Phi) is 3.67. The van der Waals surface area contributed by atoms with Crippen LogP contribution in [0.3, 0.4) is 0 Å². The van der Waals surface area contributed by atoms with E-state index in [9.17, 15) is 0 Å². The molecule has 0 saturated carbocycles. The van der Waals surface area contributed by atoms with Crippen molar-refractivity contribution < 1.29 is 4.74 Å². The van der Waals surface area contributed by atoms with Crippen molar-refractivity contribution in [1.29, 1.82) is 0 Å². The minimum absolute atomic E-state index is 0.270. The number of piperidine rings is 1.